The van der Waals surface area contributed by atoms with Crippen LogP contribution in [0.15, 0.2) is 12.2 Å². The minimum absolute atomic E-state index is 0.279. The smallest absolute Gasteiger partial charge is 0.334 e. The molecule has 0 amide bonds. The van der Waals surface area contributed by atoms with Crippen LogP contribution in [0.2, 0.25) is 0 Å². The maximum Gasteiger partial charge on any atom is 0.334 e. The van der Waals surface area contributed by atoms with E-state index in [0.717, 1.165) is 26.1 Å². The summed E-state index contributed by atoms with van der Waals surface area (Å²) in [7, 11) is 4.13. The van der Waals surface area contributed by atoms with Crippen LogP contribution in [0.1, 0.15) is 20.3 Å². The van der Waals surface area contributed by atoms with Crippen LogP contribution >= 0.6 is 0 Å². The molecule has 0 saturated carbocycles. The topological polar surface area (TPSA) is 32.8 Å². The fourth-order valence-electron chi connectivity index (χ4n) is 1.53. The van der Waals surface area contributed by atoms with Crippen molar-refractivity contribution in [3.63, 3.8) is 0 Å². The summed E-state index contributed by atoms with van der Waals surface area (Å²) in [6.45, 7) is 11.6. The molecule has 0 saturated heterocycles. The van der Waals surface area contributed by atoms with E-state index in [1.807, 2.05) is 0 Å². The molecule has 0 aromatic carbocycles. The number of rotatable bonds is 9. The first kappa shape index (κ1) is 16.1. The molecular weight excluding hydrogens is 216 g/mol. The standard InChI is InChI=1S/C13H26N2O2/c1-6-15(10-8-9-14(4)5)11-12(3)13(16)17-7-2/h3,6-11H2,1-2,4-5H3. The van der Waals surface area contributed by atoms with Crippen LogP contribution in [-0.2, 0) is 9.53 Å². The predicted molar refractivity (Wildman–Crippen MR) is 71.1 cm³/mol. The lowest BCUT2D eigenvalue weighted by Crippen LogP contribution is -2.31. The van der Waals surface area contributed by atoms with Crippen molar-refractivity contribution in [2.24, 2.45) is 0 Å². The van der Waals surface area contributed by atoms with Gasteiger partial charge in [0.25, 0.3) is 0 Å². The molecule has 0 unspecified atom stereocenters. The van der Waals surface area contributed by atoms with Crippen LogP contribution in [-0.4, -0.2) is 62.7 Å². The highest BCUT2D eigenvalue weighted by Crippen LogP contribution is 2.01. The van der Waals surface area contributed by atoms with Crippen molar-refractivity contribution in [3.8, 4) is 0 Å². The van der Waals surface area contributed by atoms with Gasteiger partial charge in [0.2, 0.25) is 0 Å². The largest absolute Gasteiger partial charge is 0.463 e. The zero-order valence-electron chi connectivity index (χ0n) is 11.7. The lowest BCUT2D eigenvalue weighted by Gasteiger charge is -2.21. The van der Waals surface area contributed by atoms with Crippen molar-refractivity contribution in [1.82, 2.24) is 9.80 Å². The Kier molecular flexibility index (Phi) is 8.72. The second kappa shape index (κ2) is 9.19. The van der Waals surface area contributed by atoms with Crippen LogP contribution in [0.25, 0.3) is 0 Å². The molecule has 0 radical (unpaired) electrons. The minimum atomic E-state index is -0.279. The second-order valence-electron chi connectivity index (χ2n) is 4.35. The summed E-state index contributed by atoms with van der Waals surface area (Å²) in [4.78, 5) is 15.8. The molecule has 0 bridgehead atoms. The number of hydrogen-bond acceptors (Lipinski definition) is 4. The number of nitrogens with zero attached hydrogens (tertiary/aromatic N) is 2. The van der Waals surface area contributed by atoms with Gasteiger partial charge in [-0.1, -0.05) is 13.5 Å². The van der Waals surface area contributed by atoms with Gasteiger partial charge in [-0.25, -0.2) is 4.79 Å². The fourth-order valence-corrected chi connectivity index (χ4v) is 1.53. The van der Waals surface area contributed by atoms with Crippen molar-refractivity contribution in [3.05, 3.63) is 12.2 Å². The molecule has 17 heavy (non-hydrogen) atoms. The van der Waals surface area contributed by atoms with Gasteiger partial charge in [-0.15, -0.1) is 0 Å². The molecule has 0 aliphatic carbocycles. The zero-order chi connectivity index (χ0) is 13.3. The van der Waals surface area contributed by atoms with Crippen LogP contribution in [0.5, 0.6) is 0 Å². The number of carbonyl (C=O) groups excluding carboxylic acids is 1. The van der Waals surface area contributed by atoms with E-state index in [4.69, 9.17) is 4.74 Å². The Hall–Kier alpha value is -0.870. The number of ether oxygens (including phenoxy) is 1. The van der Waals surface area contributed by atoms with Crippen LogP contribution in [0, 0.1) is 0 Å². The lowest BCUT2D eigenvalue weighted by atomic mass is 10.2. The minimum Gasteiger partial charge on any atom is -0.463 e. The molecule has 0 heterocycles. The molecule has 0 aliphatic rings. The summed E-state index contributed by atoms with van der Waals surface area (Å²) in [5.74, 6) is -0.279. The van der Waals surface area contributed by atoms with Gasteiger partial charge in [0.1, 0.15) is 0 Å². The van der Waals surface area contributed by atoms with Gasteiger partial charge in [-0.3, -0.25) is 4.90 Å². The molecule has 0 N–H and O–H groups in total. The summed E-state index contributed by atoms with van der Waals surface area (Å²) in [5, 5.41) is 0. The molecule has 0 fully saturated rings. The Bertz CT molecular complexity index is 240. The van der Waals surface area contributed by atoms with E-state index < -0.39 is 0 Å². The van der Waals surface area contributed by atoms with Gasteiger partial charge in [0.15, 0.2) is 0 Å². The summed E-state index contributed by atoms with van der Waals surface area (Å²) in [6.07, 6.45) is 1.09. The summed E-state index contributed by atoms with van der Waals surface area (Å²) in [6, 6.07) is 0. The second-order valence-corrected chi connectivity index (χ2v) is 4.35. The number of esters is 1. The van der Waals surface area contributed by atoms with Crippen molar-refractivity contribution in [1.29, 1.82) is 0 Å². The van der Waals surface area contributed by atoms with Crippen LogP contribution < -0.4 is 0 Å². The van der Waals surface area contributed by atoms with E-state index in [0.29, 0.717) is 18.7 Å². The SMILES string of the molecule is C=C(CN(CC)CCCN(C)C)C(=O)OCC. The highest BCUT2D eigenvalue weighted by Gasteiger charge is 2.11. The Balaban J connectivity index is 3.95. The van der Waals surface area contributed by atoms with Gasteiger partial charge >= 0.3 is 5.97 Å². The van der Waals surface area contributed by atoms with E-state index in [1.54, 1.807) is 6.92 Å². The molecule has 0 spiro atoms. The van der Waals surface area contributed by atoms with E-state index in [9.17, 15) is 4.79 Å². The van der Waals surface area contributed by atoms with Crippen molar-refractivity contribution < 1.29 is 9.53 Å². The van der Waals surface area contributed by atoms with E-state index >= 15 is 0 Å². The van der Waals surface area contributed by atoms with E-state index in [1.165, 1.54) is 0 Å². The maximum atomic E-state index is 11.4. The molecule has 0 rings (SSSR count). The third kappa shape index (κ3) is 7.94. The first-order chi connectivity index (χ1) is 8.01. The first-order valence-electron chi connectivity index (χ1n) is 6.23. The molecule has 0 aromatic heterocycles. The predicted octanol–water partition coefficient (Wildman–Crippen LogP) is 1.38. The fraction of sp³-hybridized carbons (Fsp3) is 0.769. The third-order valence-corrected chi connectivity index (χ3v) is 2.51. The van der Waals surface area contributed by atoms with Gasteiger partial charge in [-0.2, -0.15) is 0 Å². The third-order valence-electron chi connectivity index (χ3n) is 2.51. The van der Waals surface area contributed by atoms with Gasteiger partial charge in [-0.05, 0) is 47.1 Å². The molecule has 0 aliphatic heterocycles. The van der Waals surface area contributed by atoms with Gasteiger partial charge in [0.05, 0.1) is 6.61 Å². The average molecular weight is 242 g/mol. The van der Waals surface area contributed by atoms with Crippen molar-refractivity contribution >= 4 is 5.97 Å². The number of carbonyl (C=O) groups is 1. The first-order valence-corrected chi connectivity index (χ1v) is 6.23. The van der Waals surface area contributed by atoms with E-state index in [-0.39, 0.29) is 5.97 Å². The van der Waals surface area contributed by atoms with Crippen LogP contribution in [0.3, 0.4) is 0 Å². The van der Waals surface area contributed by atoms with E-state index in [2.05, 4.69) is 37.4 Å². The lowest BCUT2D eigenvalue weighted by molar-refractivity contribution is -0.138. The summed E-state index contributed by atoms with van der Waals surface area (Å²) >= 11 is 0. The van der Waals surface area contributed by atoms with Crippen molar-refractivity contribution in [2.45, 2.75) is 20.3 Å². The maximum absolute atomic E-state index is 11.4. The zero-order valence-corrected chi connectivity index (χ0v) is 11.7. The monoisotopic (exact) mass is 242 g/mol. The normalized spacial score (nSPS) is 10.9. The quantitative estimate of drug-likeness (QED) is 0.452. The molecule has 100 valence electrons. The molecule has 0 aromatic rings. The van der Waals surface area contributed by atoms with Crippen molar-refractivity contribution in [2.75, 3.05) is 46.9 Å². The van der Waals surface area contributed by atoms with Crippen LogP contribution in [0.4, 0.5) is 0 Å². The molecular formula is C13H26N2O2. The average Bonchev–Trinajstić information content (AvgIpc) is 2.27. The Morgan fingerprint density at radius 3 is 2.35 bits per heavy atom. The molecule has 0 atom stereocenters. The Morgan fingerprint density at radius 2 is 1.88 bits per heavy atom. The summed E-state index contributed by atoms with van der Waals surface area (Å²) in [5.41, 5.74) is 0.540. The highest BCUT2D eigenvalue weighted by atomic mass is 16.5. The Labute approximate surface area is 105 Å². The highest BCUT2D eigenvalue weighted by molar-refractivity contribution is 5.88. The molecule has 4 nitrogen and oxygen atoms in total. The molecule has 4 heteroatoms. The number of likely N-dealkylation sites (N-methyl/N-ethyl adjacent to an activating group) is 1. The van der Waals surface area contributed by atoms with Gasteiger partial charge in [0, 0.05) is 12.1 Å². The number of hydrogen-bond donors (Lipinski definition) is 0. The van der Waals surface area contributed by atoms with Gasteiger partial charge < -0.3 is 9.64 Å². The Morgan fingerprint density at radius 1 is 1.24 bits per heavy atom. The summed E-state index contributed by atoms with van der Waals surface area (Å²) < 4.78 is 4.92.